The molecule has 1 aliphatic carbocycles. The standard InChI is InChI=1S/C19H20N2O4/c22-18(21-15-8-9-16-17(10-15)25-12-24-16)20-11-19(23,14-6-7-14)13-4-2-1-3-5-13/h1-5,8-10,14,23H,6-7,11-12H2,(H2,20,21,22)/t19-/m0/s1. The van der Waals surface area contributed by atoms with Gasteiger partial charge in [0.1, 0.15) is 5.60 Å². The summed E-state index contributed by atoms with van der Waals surface area (Å²) in [5, 5.41) is 16.6. The average molecular weight is 340 g/mol. The number of anilines is 1. The summed E-state index contributed by atoms with van der Waals surface area (Å²) in [7, 11) is 0. The number of fused-ring (bicyclic) bond motifs is 1. The number of hydrogen-bond acceptors (Lipinski definition) is 4. The maximum Gasteiger partial charge on any atom is 0.319 e. The van der Waals surface area contributed by atoms with Crippen molar-refractivity contribution in [1.29, 1.82) is 0 Å². The Kier molecular flexibility index (Phi) is 3.97. The third-order valence-electron chi connectivity index (χ3n) is 4.68. The van der Waals surface area contributed by atoms with Crippen LogP contribution in [0.2, 0.25) is 0 Å². The molecule has 0 bridgehead atoms. The van der Waals surface area contributed by atoms with Gasteiger partial charge in [-0.1, -0.05) is 30.3 Å². The predicted octanol–water partition coefficient (Wildman–Crippen LogP) is 2.83. The fourth-order valence-electron chi connectivity index (χ4n) is 3.13. The third kappa shape index (κ3) is 3.25. The van der Waals surface area contributed by atoms with Crippen molar-refractivity contribution in [2.45, 2.75) is 18.4 Å². The molecule has 3 N–H and O–H groups in total. The van der Waals surface area contributed by atoms with E-state index in [0.29, 0.717) is 17.2 Å². The molecule has 6 heteroatoms. The fraction of sp³-hybridized carbons (Fsp3) is 0.316. The quantitative estimate of drug-likeness (QED) is 0.782. The van der Waals surface area contributed by atoms with Crippen LogP contribution < -0.4 is 20.1 Å². The summed E-state index contributed by atoms with van der Waals surface area (Å²) in [6, 6.07) is 14.4. The smallest absolute Gasteiger partial charge is 0.319 e. The maximum atomic E-state index is 12.2. The van der Waals surface area contributed by atoms with Gasteiger partial charge in [0, 0.05) is 11.8 Å². The van der Waals surface area contributed by atoms with Crippen molar-refractivity contribution in [2.75, 3.05) is 18.7 Å². The van der Waals surface area contributed by atoms with E-state index in [4.69, 9.17) is 9.47 Å². The van der Waals surface area contributed by atoms with E-state index in [1.54, 1.807) is 18.2 Å². The molecule has 1 atom stereocenters. The van der Waals surface area contributed by atoms with Crippen molar-refractivity contribution in [3.63, 3.8) is 0 Å². The van der Waals surface area contributed by atoms with Crippen molar-refractivity contribution in [1.82, 2.24) is 5.32 Å². The average Bonchev–Trinajstić information content (AvgIpc) is 3.39. The molecule has 0 saturated heterocycles. The van der Waals surface area contributed by atoms with E-state index in [1.165, 1.54) is 0 Å². The topological polar surface area (TPSA) is 79.8 Å². The van der Waals surface area contributed by atoms with Crippen molar-refractivity contribution in [2.24, 2.45) is 5.92 Å². The number of ether oxygens (including phenoxy) is 2. The summed E-state index contributed by atoms with van der Waals surface area (Å²) in [5.41, 5.74) is 0.408. The van der Waals surface area contributed by atoms with E-state index in [2.05, 4.69) is 10.6 Å². The van der Waals surface area contributed by atoms with Gasteiger partial charge in [-0.15, -0.1) is 0 Å². The summed E-state index contributed by atoms with van der Waals surface area (Å²) in [6.45, 7) is 0.356. The van der Waals surface area contributed by atoms with Gasteiger partial charge in [-0.3, -0.25) is 0 Å². The monoisotopic (exact) mass is 340 g/mol. The van der Waals surface area contributed by atoms with Crippen molar-refractivity contribution < 1.29 is 19.4 Å². The number of rotatable bonds is 5. The van der Waals surface area contributed by atoms with Gasteiger partial charge in [0.05, 0.1) is 6.54 Å². The number of benzene rings is 2. The lowest BCUT2D eigenvalue weighted by molar-refractivity contribution is 0.0164. The van der Waals surface area contributed by atoms with Gasteiger partial charge in [0.25, 0.3) is 0 Å². The van der Waals surface area contributed by atoms with E-state index >= 15 is 0 Å². The van der Waals surface area contributed by atoms with Crippen LogP contribution in [0.4, 0.5) is 10.5 Å². The van der Waals surface area contributed by atoms with Crippen LogP contribution in [0, 0.1) is 5.92 Å². The zero-order chi connectivity index (χ0) is 17.3. The highest BCUT2D eigenvalue weighted by atomic mass is 16.7. The summed E-state index contributed by atoms with van der Waals surface area (Å²) in [5.74, 6) is 1.45. The van der Waals surface area contributed by atoms with Crippen LogP contribution in [0.15, 0.2) is 48.5 Å². The number of amides is 2. The van der Waals surface area contributed by atoms with Crippen LogP contribution in [0.3, 0.4) is 0 Å². The molecule has 2 aromatic rings. The minimum atomic E-state index is -1.03. The predicted molar refractivity (Wildman–Crippen MR) is 92.6 cm³/mol. The molecule has 2 aromatic carbocycles. The molecule has 0 spiro atoms. The number of nitrogens with one attached hydrogen (secondary N) is 2. The van der Waals surface area contributed by atoms with Crippen LogP contribution in [0.1, 0.15) is 18.4 Å². The fourth-order valence-corrected chi connectivity index (χ4v) is 3.13. The molecule has 0 radical (unpaired) electrons. The first kappa shape index (κ1) is 15.8. The second kappa shape index (κ2) is 6.29. The molecule has 6 nitrogen and oxygen atoms in total. The minimum absolute atomic E-state index is 0.165. The molecule has 0 aromatic heterocycles. The van der Waals surface area contributed by atoms with E-state index in [9.17, 15) is 9.90 Å². The first-order valence-electron chi connectivity index (χ1n) is 8.37. The molecule has 130 valence electrons. The Morgan fingerprint density at radius 2 is 1.88 bits per heavy atom. The Balaban J connectivity index is 1.40. The SMILES string of the molecule is O=C(NC[C@](O)(c1ccccc1)C1CC1)Nc1ccc2c(c1)OCO2. The Morgan fingerprint density at radius 1 is 1.12 bits per heavy atom. The van der Waals surface area contributed by atoms with Gasteiger partial charge >= 0.3 is 6.03 Å². The normalized spacial score (nSPS) is 17.6. The van der Waals surface area contributed by atoms with E-state index < -0.39 is 5.60 Å². The number of hydrogen-bond donors (Lipinski definition) is 3. The lowest BCUT2D eigenvalue weighted by Gasteiger charge is -2.29. The van der Waals surface area contributed by atoms with Gasteiger partial charge in [-0.05, 0) is 36.5 Å². The molecular weight excluding hydrogens is 320 g/mol. The van der Waals surface area contributed by atoms with Gasteiger partial charge in [-0.2, -0.15) is 0 Å². The molecule has 0 unspecified atom stereocenters. The number of carbonyl (C=O) groups excluding carboxylic acids is 1. The zero-order valence-corrected chi connectivity index (χ0v) is 13.7. The molecule has 1 heterocycles. The highest BCUT2D eigenvalue weighted by Gasteiger charge is 2.45. The van der Waals surface area contributed by atoms with Gasteiger partial charge < -0.3 is 25.2 Å². The van der Waals surface area contributed by atoms with Gasteiger partial charge in [0.2, 0.25) is 6.79 Å². The Labute approximate surface area is 145 Å². The largest absolute Gasteiger partial charge is 0.454 e. The lowest BCUT2D eigenvalue weighted by atomic mass is 9.89. The Bertz CT molecular complexity index is 776. The second-order valence-electron chi connectivity index (χ2n) is 6.44. The molecule has 1 fully saturated rings. The Hall–Kier alpha value is -2.73. The highest BCUT2D eigenvalue weighted by molar-refractivity contribution is 5.89. The van der Waals surface area contributed by atoms with Crippen LogP contribution in [0.25, 0.3) is 0 Å². The van der Waals surface area contributed by atoms with Crippen LogP contribution in [-0.2, 0) is 5.60 Å². The molecule has 4 rings (SSSR count). The number of urea groups is 1. The summed E-state index contributed by atoms with van der Waals surface area (Å²) < 4.78 is 10.5. The number of carbonyl (C=O) groups is 1. The van der Waals surface area contributed by atoms with Crippen molar-refractivity contribution in [3.05, 3.63) is 54.1 Å². The lowest BCUT2D eigenvalue weighted by Crippen LogP contribution is -2.43. The molecule has 2 amide bonds. The summed E-state index contributed by atoms with van der Waals surface area (Å²) in [4.78, 5) is 12.2. The second-order valence-corrected chi connectivity index (χ2v) is 6.44. The highest BCUT2D eigenvalue weighted by Crippen LogP contribution is 2.45. The minimum Gasteiger partial charge on any atom is -0.454 e. The zero-order valence-electron chi connectivity index (χ0n) is 13.7. The van der Waals surface area contributed by atoms with Gasteiger partial charge in [-0.25, -0.2) is 4.79 Å². The first-order valence-corrected chi connectivity index (χ1v) is 8.37. The molecule has 2 aliphatic rings. The molecular formula is C19H20N2O4. The van der Waals surface area contributed by atoms with Crippen molar-refractivity contribution in [3.8, 4) is 11.5 Å². The van der Waals surface area contributed by atoms with Crippen LogP contribution in [0.5, 0.6) is 11.5 Å². The summed E-state index contributed by atoms with van der Waals surface area (Å²) >= 11 is 0. The summed E-state index contributed by atoms with van der Waals surface area (Å²) in [6.07, 6.45) is 1.94. The van der Waals surface area contributed by atoms with Crippen LogP contribution >= 0.6 is 0 Å². The Morgan fingerprint density at radius 3 is 2.64 bits per heavy atom. The third-order valence-corrected chi connectivity index (χ3v) is 4.68. The van der Waals surface area contributed by atoms with E-state index in [1.807, 2.05) is 30.3 Å². The van der Waals surface area contributed by atoms with E-state index in [-0.39, 0.29) is 25.3 Å². The first-order chi connectivity index (χ1) is 12.1. The van der Waals surface area contributed by atoms with Crippen LogP contribution in [-0.4, -0.2) is 24.5 Å². The molecule has 25 heavy (non-hydrogen) atoms. The van der Waals surface area contributed by atoms with Crippen molar-refractivity contribution >= 4 is 11.7 Å². The van der Waals surface area contributed by atoms with Gasteiger partial charge in [0.15, 0.2) is 11.5 Å². The molecule has 1 saturated carbocycles. The maximum absolute atomic E-state index is 12.2. The number of aliphatic hydroxyl groups is 1. The molecule has 1 aliphatic heterocycles. The van der Waals surface area contributed by atoms with E-state index in [0.717, 1.165) is 18.4 Å².